The molecule has 2 aromatic heterocycles. The third kappa shape index (κ3) is 4.54. The summed E-state index contributed by atoms with van der Waals surface area (Å²) >= 11 is 0. The van der Waals surface area contributed by atoms with Crippen LogP contribution in [-0.2, 0) is 7.05 Å². The van der Waals surface area contributed by atoms with Crippen molar-refractivity contribution in [1.82, 2.24) is 9.55 Å². The molecule has 2 heterocycles. The fourth-order valence-corrected chi connectivity index (χ4v) is 4.97. The summed E-state index contributed by atoms with van der Waals surface area (Å²) in [6.45, 7) is 8.41. The first-order chi connectivity index (χ1) is 18.3. The summed E-state index contributed by atoms with van der Waals surface area (Å²) in [4.78, 5) is 31.7. The number of aromatic nitrogens is 2. The second-order valence-electron chi connectivity index (χ2n) is 10.3. The van der Waals surface area contributed by atoms with Gasteiger partial charge in [0.1, 0.15) is 11.3 Å². The molecule has 38 heavy (non-hydrogen) atoms. The summed E-state index contributed by atoms with van der Waals surface area (Å²) in [6, 6.07) is 17.4. The molecule has 0 bridgehead atoms. The quantitative estimate of drug-likeness (QED) is 0.275. The van der Waals surface area contributed by atoms with Gasteiger partial charge in [-0.3, -0.25) is 9.36 Å². The SMILES string of the molecule is CC(C)c1cccc(C(C)C)c1NC(=O)Nc1c(-c2cccc(C3=CC=C3)c2)c2cccnc2n(C)c1=O.[HH].[HH].[HH]. The van der Waals surface area contributed by atoms with Gasteiger partial charge in [0.25, 0.3) is 5.56 Å². The number of para-hydroxylation sites is 1. The van der Waals surface area contributed by atoms with Crippen LogP contribution in [0.1, 0.15) is 60.5 Å². The van der Waals surface area contributed by atoms with Gasteiger partial charge in [0, 0.05) is 34.2 Å². The van der Waals surface area contributed by atoms with E-state index in [2.05, 4.69) is 43.3 Å². The first-order valence-corrected chi connectivity index (χ1v) is 12.9. The summed E-state index contributed by atoms with van der Waals surface area (Å²) in [5.41, 5.74) is 7.00. The second kappa shape index (κ2) is 10.1. The van der Waals surface area contributed by atoms with Gasteiger partial charge in [-0.2, -0.15) is 0 Å². The molecular weight excluding hydrogens is 472 g/mol. The molecule has 4 aromatic rings. The Morgan fingerprint density at radius 3 is 2.16 bits per heavy atom. The molecule has 198 valence electrons. The van der Waals surface area contributed by atoms with E-state index in [-0.39, 0.29) is 27.4 Å². The molecule has 6 heteroatoms. The van der Waals surface area contributed by atoms with Gasteiger partial charge in [0.2, 0.25) is 0 Å². The zero-order chi connectivity index (χ0) is 27.0. The molecule has 1 aliphatic carbocycles. The number of amides is 2. The minimum absolute atomic E-state index is 0. The summed E-state index contributed by atoms with van der Waals surface area (Å²) < 4.78 is 1.48. The van der Waals surface area contributed by atoms with Gasteiger partial charge in [0.15, 0.2) is 0 Å². The normalized spacial score (nSPS) is 12.6. The average Bonchev–Trinajstić information content (AvgIpc) is 2.86. The van der Waals surface area contributed by atoms with Crippen molar-refractivity contribution >= 4 is 34.0 Å². The predicted molar refractivity (Wildman–Crippen MR) is 163 cm³/mol. The zero-order valence-corrected chi connectivity index (χ0v) is 22.4. The minimum atomic E-state index is -0.456. The number of nitrogens with one attached hydrogen (secondary N) is 2. The van der Waals surface area contributed by atoms with Crippen LogP contribution in [0.15, 0.2) is 83.8 Å². The number of rotatable bonds is 6. The van der Waals surface area contributed by atoms with E-state index in [1.807, 2.05) is 72.8 Å². The van der Waals surface area contributed by atoms with Crippen LogP contribution in [0.3, 0.4) is 0 Å². The third-order valence-electron chi connectivity index (χ3n) is 7.03. The molecule has 0 spiro atoms. The van der Waals surface area contributed by atoms with Gasteiger partial charge in [-0.1, -0.05) is 82.3 Å². The second-order valence-corrected chi connectivity index (χ2v) is 10.3. The Morgan fingerprint density at radius 2 is 1.53 bits per heavy atom. The Hall–Kier alpha value is -4.45. The van der Waals surface area contributed by atoms with E-state index in [0.29, 0.717) is 11.2 Å². The molecular formula is C32H38N4O2. The maximum absolute atomic E-state index is 13.7. The lowest BCUT2D eigenvalue weighted by atomic mass is 9.92. The Kier molecular flexibility index (Phi) is 6.72. The summed E-state index contributed by atoms with van der Waals surface area (Å²) in [6.07, 6.45) is 7.77. The van der Waals surface area contributed by atoms with Crippen LogP contribution in [0.4, 0.5) is 16.2 Å². The van der Waals surface area contributed by atoms with Crippen molar-refractivity contribution in [3.8, 4) is 11.1 Å². The summed E-state index contributed by atoms with van der Waals surface area (Å²) in [5, 5.41) is 6.79. The van der Waals surface area contributed by atoms with Gasteiger partial charge >= 0.3 is 6.03 Å². The Labute approximate surface area is 227 Å². The Morgan fingerprint density at radius 1 is 0.895 bits per heavy atom. The van der Waals surface area contributed by atoms with E-state index >= 15 is 0 Å². The number of fused-ring (bicyclic) bond motifs is 1. The van der Waals surface area contributed by atoms with Gasteiger partial charge in [-0.25, -0.2) is 9.78 Å². The molecule has 6 nitrogen and oxygen atoms in total. The number of carbonyl (C=O) groups excluding carboxylic acids is 1. The molecule has 1 aliphatic rings. The van der Waals surface area contributed by atoms with Crippen molar-refractivity contribution < 1.29 is 9.07 Å². The predicted octanol–water partition coefficient (Wildman–Crippen LogP) is 8.18. The number of anilines is 2. The fraction of sp³-hybridized carbons (Fsp3) is 0.219. The van der Waals surface area contributed by atoms with Crippen molar-refractivity contribution in [2.75, 3.05) is 10.6 Å². The number of nitrogens with zero attached hydrogens (tertiary/aromatic N) is 2. The van der Waals surface area contributed by atoms with Crippen LogP contribution in [-0.4, -0.2) is 15.6 Å². The molecule has 0 atom stereocenters. The third-order valence-corrected chi connectivity index (χ3v) is 7.03. The number of urea groups is 1. The maximum atomic E-state index is 13.7. The minimum Gasteiger partial charge on any atom is -0.307 e. The lowest BCUT2D eigenvalue weighted by Gasteiger charge is -2.21. The highest BCUT2D eigenvalue weighted by Crippen LogP contribution is 2.36. The number of carbonyl (C=O) groups is 1. The molecule has 5 rings (SSSR count). The fourth-order valence-electron chi connectivity index (χ4n) is 4.97. The van der Waals surface area contributed by atoms with Crippen molar-refractivity contribution in [3.63, 3.8) is 0 Å². The van der Waals surface area contributed by atoms with E-state index in [4.69, 9.17) is 0 Å². The molecule has 0 saturated heterocycles. The van der Waals surface area contributed by atoms with Crippen LogP contribution in [0, 0.1) is 0 Å². The number of hydrogen-bond donors (Lipinski definition) is 2. The first kappa shape index (κ1) is 25.2. The van der Waals surface area contributed by atoms with E-state index < -0.39 is 6.03 Å². The first-order valence-electron chi connectivity index (χ1n) is 12.9. The largest absolute Gasteiger partial charge is 0.323 e. The molecule has 2 amide bonds. The number of hydrogen-bond acceptors (Lipinski definition) is 3. The van der Waals surface area contributed by atoms with E-state index in [0.717, 1.165) is 38.9 Å². The summed E-state index contributed by atoms with van der Waals surface area (Å²) in [5.74, 6) is 0.438. The average molecular weight is 511 g/mol. The number of pyridine rings is 2. The van der Waals surface area contributed by atoms with Crippen LogP contribution in [0.25, 0.3) is 27.7 Å². The maximum Gasteiger partial charge on any atom is 0.323 e. The lowest BCUT2D eigenvalue weighted by molar-refractivity contribution is 0.262. The van der Waals surface area contributed by atoms with Crippen molar-refractivity contribution in [2.24, 2.45) is 7.05 Å². The molecule has 0 saturated carbocycles. The number of allylic oxidation sites excluding steroid dienone is 4. The monoisotopic (exact) mass is 510 g/mol. The zero-order valence-electron chi connectivity index (χ0n) is 22.4. The van der Waals surface area contributed by atoms with Crippen molar-refractivity contribution in [2.45, 2.75) is 39.5 Å². The lowest BCUT2D eigenvalue weighted by Crippen LogP contribution is -2.29. The topological polar surface area (TPSA) is 76.0 Å². The highest BCUT2D eigenvalue weighted by Gasteiger charge is 2.22. The molecule has 0 radical (unpaired) electrons. The highest BCUT2D eigenvalue weighted by molar-refractivity contribution is 6.08. The number of benzene rings is 2. The van der Waals surface area contributed by atoms with Crippen LogP contribution in [0.5, 0.6) is 0 Å². The van der Waals surface area contributed by atoms with Crippen molar-refractivity contribution in [3.05, 3.63) is 106 Å². The molecule has 2 aromatic carbocycles. The molecule has 0 unspecified atom stereocenters. The Balaban J connectivity index is 0.00000196. The van der Waals surface area contributed by atoms with E-state index in [1.54, 1.807) is 13.2 Å². The van der Waals surface area contributed by atoms with Crippen LogP contribution in [0.2, 0.25) is 0 Å². The van der Waals surface area contributed by atoms with E-state index in [9.17, 15) is 9.59 Å². The van der Waals surface area contributed by atoms with Crippen molar-refractivity contribution in [1.29, 1.82) is 0 Å². The van der Waals surface area contributed by atoms with Gasteiger partial charge in [0.05, 0.1) is 0 Å². The molecule has 0 fully saturated rings. The number of aryl methyl sites for hydroxylation is 1. The van der Waals surface area contributed by atoms with Crippen LogP contribution < -0.4 is 16.2 Å². The van der Waals surface area contributed by atoms with Gasteiger partial charge in [-0.05, 0) is 57.9 Å². The molecule has 0 aliphatic heterocycles. The van der Waals surface area contributed by atoms with E-state index in [1.165, 1.54) is 4.57 Å². The standard InChI is InChI=1S/C32H32N4O2.3H2/c1-19(2)24-14-8-15-25(20(3)4)28(24)34-32(38)35-29-27(23-13-7-12-22(18-23)21-10-6-11-21)26-16-9-17-33-30(26)36(5)31(29)37;;;/h6-20H,1-5H3,(H2,34,35,38);3*1H. The van der Waals surface area contributed by atoms with Crippen LogP contribution >= 0.6 is 0 Å². The molecule has 2 N–H and O–H groups in total. The van der Waals surface area contributed by atoms with Gasteiger partial charge < -0.3 is 10.6 Å². The van der Waals surface area contributed by atoms with Gasteiger partial charge in [-0.15, -0.1) is 0 Å². The Bertz CT molecular complexity index is 1660. The highest BCUT2D eigenvalue weighted by atomic mass is 16.2. The summed E-state index contributed by atoms with van der Waals surface area (Å²) in [7, 11) is 1.68. The smallest absolute Gasteiger partial charge is 0.307 e.